The number of rotatable bonds is 84. The number of hydrogen-bond acceptors (Lipinski definition) is 15. The van der Waals surface area contributed by atoms with E-state index in [0.29, 0.717) is 31.6 Å². The zero-order valence-electron chi connectivity index (χ0n) is 69.2. The highest BCUT2D eigenvalue weighted by Crippen LogP contribution is 2.45. The van der Waals surface area contributed by atoms with Gasteiger partial charge in [0.25, 0.3) is 0 Å². The summed E-state index contributed by atoms with van der Waals surface area (Å²) in [6.07, 6.45) is 73.3. The Morgan fingerprint density at radius 3 is 0.774 bits per heavy atom. The quantitative estimate of drug-likeness (QED) is 0.0169. The predicted molar refractivity (Wildman–Crippen MR) is 437 cm³/mol. The van der Waals surface area contributed by atoms with Gasteiger partial charge < -0.3 is 33.8 Å². The number of allylic oxidation sites excluding steroid dienone is 4. The standard InChI is InChI=1S/C87H166O17P2/c1-7-9-11-13-15-17-19-21-23-24-25-26-27-28-29-35-39-43-47-53-60-66-72-86(91)103-82(75-97-84(89)69-63-57-51-45-41-37-34-31-30-33-36-40-44-49-55-61-67-79(3)4)77-101-105(93,94)99-73-81(88)74-100-106(95,96)102-78-83(76-98-85(90)70-64-58-54-48-50-56-62-68-80(5)6)104-87(92)71-65-59-52-46-42-38-32-22-20-18-16-14-12-10-8-2/h18,20,22,32,79-83,88H,7-17,19,21,23-31,33-78H2,1-6H3,(H,93,94)(H,95,96)/b20-18-,32-22-/t81-,82-,83-/m1/s1. The number of esters is 4. The van der Waals surface area contributed by atoms with E-state index in [4.69, 9.17) is 37.0 Å². The number of phosphoric acid groups is 2. The van der Waals surface area contributed by atoms with Crippen LogP contribution in [0.4, 0.5) is 0 Å². The van der Waals surface area contributed by atoms with Crippen LogP contribution in [0.5, 0.6) is 0 Å². The first-order chi connectivity index (χ1) is 51.4. The summed E-state index contributed by atoms with van der Waals surface area (Å²) in [5.74, 6) is -0.621. The Hall–Kier alpha value is -2.46. The molecule has 0 saturated carbocycles. The van der Waals surface area contributed by atoms with Crippen molar-refractivity contribution < 1.29 is 80.2 Å². The lowest BCUT2D eigenvalue weighted by molar-refractivity contribution is -0.161. The number of ether oxygens (including phenoxy) is 4. The van der Waals surface area contributed by atoms with E-state index in [1.54, 1.807) is 0 Å². The maximum absolute atomic E-state index is 13.1. The number of carbonyl (C=O) groups is 4. The summed E-state index contributed by atoms with van der Waals surface area (Å²) in [7, 11) is -9.94. The van der Waals surface area contributed by atoms with E-state index in [-0.39, 0.29) is 25.7 Å². The summed E-state index contributed by atoms with van der Waals surface area (Å²) < 4.78 is 68.8. The van der Waals surface area contributed by atoms with E-state index in [9.17, 15) is 43.2 Å². The molecule has 106 heavy (non-hydrogen) atoms. The number of unbranched alkanes of at least 4 members (excludes halogenated alkanes) is 51. The summed E-state index contributed by atoms with van der Waals surface area (Å²) in [6.45, 7) is 9.57. The normalized spacial score (nSPS) is 14.0. The van der Waals surface area contributed by atoms with Crippen LogP contribution in [0.2, 0.25) is 0 Å². The number of aliphatic hydroxyl groups is 1. The summed E-state index contributed by atoms with van der Waals surface area (Å²) >= 11 is 0. The van der Waals surface area contributed by atoms with Gasteiger partial charge in [0.1, 0.15) is 19.3 Å². The molecule has 0 radical (unpaired) electrons. The minimum absolute atomic E-state index is 0.0845. The maximum Gasteiger partial charge on any atom is 0.472 e. The first-order valence-corrected chi connectivity index (χ1v) is 47.3. The Morgan fingerprint density at radius 2 is 0.509 bits per heavy atom. The highest BCUT2D eigenvalue weighted by Gasteiger charge is 2.30. The molecular formula is C87H166O17P2. The van der Waals surface area contributed by atoms with Gasteiger partial charge in [-0.1, -0.05) is 387 Å². The van der Waals surface area contributed by atoms with Gasteiger partial charge in [-0.25, -0.2) is 9.13 Å². The van der Waals surface area contributed by atoms with E-state index in [0.717, 1.165) is 115 Å². The van der Waals surface area contributed by atoms with Crippen molar-refractivity contribution in [2.75, 3.05) is 39.6 Å². The maximum atomic E-state index is 13.1. The molecule has 17 nitrogen and oxygen atoms in total. The molecule has 0 fully saturated rings. The molecule has 0 spiro atoms. The van der Waals surface area contributed by atoms with Crippen molar-refractivity contribution in [1.29, 1.82) is 0 Å². The van der Waals surface area contributed by atoms with E-state index in [1.165, 1.54) is 238 Å². The van der Waals surface area contributed by atoms with Gasteiger partial charge in [-0.3, -0.25) is 37.3 Å². The molecule has 0 aliphatic carbocycles. The van der Waals surface area contributed by atoms with Gasteiger partial charge in [-0.2, -0.15) is 0 Å². The van der Waals surface area contributed by atoms with Gasteiger partial charge in [0.2, 0.25) is 0 Å². The highest BCUT2D eigenvalue weighted by atomic mass is 31.2. The number of aliphatic hydroxyl groups excluding tert-OH is 1. The van der Waals surface area contributed by atoms with Crippen molar-refractivity contribution in [2.45, 2.75) is 458 Å². The van der Waals surface area contributed by atoms with Gasteiger partial charge in [-0.15, -0.1) is 0 Å². The Morgan fingerprint density at radius 1 is 0.292 bits per heavy atom. The topological polar surface area (TPSA) is 237 Å². The summed E-state index contributed by atoms with van der Waals surface area (Å²) in [4.78, 5) is 73.2. The second-order valence-corrected chi connectivity index (χ2v) is 34.5. The lowest BCUT2D eigenvalue weighted by Gasteiger charge is -2.21. The molecular weight excluding hydrogens is 1380 g/mol. The van der Waals surface area contributed by atoms with Crippen molar-refractivity contribution >= 4 is 39.5 Å². The van der Waals surface area contributed by atoms with Gasteiger partial charge in [0.05, 0.1) is 26.4 Å². The van der Waals surface area contributed by atoms with E-state index in [1.807, 2.05) is 0 Å². The summed E-state index contributed by atoms with van der Waals surface area (Å²) in [5, 5.41) is 10.7. The van der Waals surface area contributed by atoms with Gasteiger partial charge in [0.15, 0.2) is 12.2 Å². The minimum Gasteiger partial charge on any atom is -0.462 e. The molecule has 0 heterocycles. The lowest BCUT2D eigenvalue weighted by Crippen LogP contribution is -2.30. The third-order valence-corrected chi connectivity index (χ3v) is 21.7. The van der Waals surface area contributed by atoms with Crippen LogP contribution >= 0.6 is 15.6 Å². The lowest BCUT2D eigenvalue weighted by atomic mass is 10.0. The Bertz CT molecular complexity index is 2120. The zero-order chi connectivity index (χ0) is 77.8. The third kappa shape index (κ3) is 79.6. The van der Waals surface area contributed by atoms with Gasteiger partial charge in [0, 0.05) is 25.7 Å². The van der Waals surface area contributed by atoms with Crippen LogP contribution < -0.4 is 0 Å². The zero-order valence-corrected chi connectivity index (χ0v) is 71.0. The Labute approximate surface area is 650 Å². The first kappa shape index (κ1) is 104. The van der Waals surface area contributed by atoms with Crippen LogP contribution in [0.15, 0.2) is 24.3 Å². The predicted octanol–water partition coefficient (Wildman–Crippen LogP) is 26.2. The molecule has 0 aromatic carbocycles. The Kier molecular flexibility index (Phi) is 76.0. The monoisotopic (exact) mass is 1550 g/mol. The van der Waals surface area contributed by atoms with Crippen LogP contribution in [0.1, 0.15) is 440 Å². The van der Waals surface area contributed by atoms with Crippen LogP contribution in [-0.2, 0) is 65.4 Å². The third-order valence-electron chi connectivity index (χ3n) is 19.8. The largest absolute Gasteiger partial charge is 0.472 e. The molecule has 0 amide bonds. The van der Waals surface area contributed by atoms with E-state index >= 15 is 0 Å². The number of phosphoric ester groups is 2. The van der Waals surface area contributed by atoms with Crippen molar-refractivity contribution in [1.82, 2.24) is 0 Å². The molecule has 5 atom stereocenters. The molecule has 0 bridgehead atoms. The van der Waals surface area contributed by atoms with Gasteiger partial charge in [-0.05, 0) is 63.2 Å². The fourth-order valence-corrected chi connectivity index (χ4v) is 14.6. The highest BCUT2D eigenvalue weighted by molar-refractivity contribution is 7.47. The molecule has 0 aliphatic heterocycles. The fourth-order valence-electron chi connectivity index (χ4n) is 13.1. The van der Waals surface area contributed by atoms with Crippen LogP contribution in [0.25, 0.3) is 0 Å². The summed E-state index contributed by atoms with van der Waals surface area (Å²) in [6, 6.07) is 0. The van der Waals surface area contributed by atoms with Crippen molar-refractivity contribution in [3.8, 4) is 0 Å². The SMILES string of the molecule is CCCCCC/C=C\C=C/CCCCCCCC(=O)O[C@H](COC(=O)CCCCCCCCCC(C)C)COP(=O)(O)OC[C@H](O)COP(=O)(O)OC[C@@H](COC(=O)CCCCCCCCCCCCCCCCCCC(C)C)OC(=O)CCCCCCCCCCCCCCCCCCCCCCCC. The molecule has 0 aromatic heterocycles. The molecule has 2 unspecified atom stereocenters. The van der Waals surface area contributed by atoms with Gasteiger partial charge >= 0.3 is 39.5 Å². The first-order valence-electron chi connectivity index (χ1n) is 44.3. The van der Waals surface area contributed by atoms with Crippen molar-refractivity contribution in [3.05, 3.63) is 24.3 Å². The average Bonchev–Trinajstić information content (AvgIpc) is 0.900. The number of carbonyl (C=O) groups excluding carboxylic acids is 4. The molecule has 0 saturated heterocycles. The second-order valence-electron chi connectivity index (χ2n) is 31.5. The smallest absolute Gasteiger partial charge is 0.462 e. The summed E-state index contributed by atoms with van der Waals surface area (Å²) in [5.41, 5.74) is 0. The van der Waals surface area contributed by atoms with Crippen molar-refractivity contribution in [3.63, 3.8) is 0 Å². The second kappa shape index (κ2) is 77.8. The minimum atomic E-state index is -4.97. The molecule has 626 valence electrons. The van der Waals surface area contributed by atoms with E-state index in [2.05, 4.69) is 65.8 Å². The van der Waals surface area contributed by atoms with Crippen LogP contribution in [0.3, 0.4) is 0 Å². The molecule has 0 aromatic rings. The molecule has 19 heteroatoms. The van der Waals surface area contributed by atoms with E-state index < -0.39 is 97.5 Å². The van der Waals surface area contributed by atoms with Crippen LogP contribution in [0, 0.1) is 11.8 Å². The molecule has 3 N–H and O–H groups in total. The fraction of sp³-hybridized carbons (Fsp3) is 0.908. The number of hydrogen-bond donors (Lipinski definition) is 3. The van der Waals surface area contributed by atoms with Crippen molar-refractivity contribution in [2.24, 2.45) is 11.8 Å². The Balaban J connectivity index is 5.24. The molecule has 0 aliphatic rings. The molecule has 0 rings (SSSR count). The van der Waals surface area contributed by atoms with Crippen LogP contribution in [-0.4, -0.2) is 96.7 Å². The average molecular weight is 1550 g/mol.